The molecule has 7 nitrogen and oxygen atoms in total. The standard InChI is InChI=1S/C30H33ClN2O5/c1-17(2)32-27(35)26(18-7-9-19(31)10-8-18)33-16-29-13-5-4-6-22(29)25-28(36)38-23-14-20(37-3)11-12-21(23)30(25,29)15-24(33)34/h7-12,14,17,22,25-26H,4-6,13,15-16H2,1-3H3,(H,32,35)/t22-,25-,26-,29+,30+/m1/s1. The van der Waals surface area contributed by atoms with Gasteiger partial charge in [-0.15, -0.1) is 0 Å². The van der Waals surface area contributed by atoms with Crippen molar-refractivity contribution in [3.8, 4) is 11.5 Å². The fourth-order valence-corrected chi connectivity index (χ4v) is 8.21. The molecule has 8 heteroatoms. The van der Waals surface area contributed by atoms with Gasteiger partial charge >= 0.3 is 5.97 Å². The predicted molar refractivity (Wildman–Crippen MR) is 142 cm³/mol. The molecule has 0 unspecified atom stereocenters. The first-order valence-electron chi connectivity index (χ1n) is 13.5. The van der Waals surface area contributed by atoms with Crippen LogP contribution in [0.2, 0.25) is 5.02 Å². The number of ether oxygens (including phenoxy) is 2. The molecule has 2 heterocycles. The van der Waals surface area contributed by atoms with Gasteiger partial charge in [-0.25, -0.2) is 0 Å². The molecule has 0 radical (unpaired) electrons. The largest absolute Gasteiger partial charge is 0.497 e. The van der Waals surface area contributed by atoms with E-state index in [1.807, 2.05) is 38.1 Å². The van der Waals surface area contributed by atoms with Crippen molar-refractivity contribution in [2.24, 2.45) is 17.3 Å². The van der Waals surface area contributed by atoms with Gasteiger partial charge in [0.1, 0.15) is 17.5 Å². The van der Waals surface area contributed by atoms with Crippen LogP contribution in [0.3, 0.4) is 0 Å². The number of esters is 1. The van der Waals surface area contributed by atoms with Crippen molar-refractivity contribution in [2.45, 2.75) is 63.5 Å². The first-order valence-corrected chi connectivity index (χ1v) is 13.8. The normalized spacial score (nSPS) is 30.2. The molecule has 38 heavy (non-hydrogen) atoms. The summed E-state index contributed by atoms with van der Waals surface area (Å²) in [6, 6.07) is 11.9. The number of fused-ring (bicyclic) bond motifs is 2. The number of methoxy groups -OCH3 is 1. The molecular weight excluding hydrogens is 504 g/mol. The third kappa shape index (κ3) is 3.43. The molecule has 1 N–H and O–H groups in total. The van der Waals surface area contributed by atoms with Gasteiger partial charge < -0.3 is 19.7 Å². The molecule has 2 aromatic carbocycles. The Kier molecular flexibility index (Phi) is 5.98. The molecule has 2 aliphatic carbocycles. The summed E-state index contributed by atoms with van der Waals surface area (Å²) >= 11 is 6.16. The van der Waals surface area contributed by atoms with Gasteiger partial charge in [0.05, 0.1) is 13.0 Å². The van der Waals surface area contributed by atoms with Crippen LogP contribution < -0.4 is 14.8 Å². The molecule has 2 spiro atoms. The zero-order chi connectivity index (χ0) is 26.8. The van der Waals surface area contributed by atoms with E-state index in [0.717, 1.165) is 36.8 Å². The molecule has 1 saturated heterocycles. The van der Waals surface area contributed by atoms with Gasteiger partial charge in [-0.05, 0) is 56.4 Å². The number of nitrogens with one attached hydrogen (secondary N) is 1. The number of piperidine rings is 1. The minimum Gasteiger partial charge on any atom is -0.497 e. The van der Waals surface area contributed by atoms with Gasteiger partial charge in [0.2, 0.25) is 11.8 Å². The second-order valence-electron chi connectivity index (χ2n) is 11.6. The van der Waals surface area contributed by atoms with Crippen LogP contribution in [-0.2, 0) is 19.8 Å². The number of amides is 2. The number of halogens is 1. The summed E-state index contributed by atoms with van der Waals surface area (Å²) in [4.78, 5) is 43.0. The van der Waals surface area contributed by atoms with Crippen LogP contribution in [0, 0.1) is 17.3 Å². The Morgan fingerprint density at radius 1 is 1.16 bits per heavy atom. The van der Waals surface area contributed by atoms with Crippen molar-refractivity contribution in [2.75, 3.05) is 13.7 Å². The lowest BCUT2D eigenvalue weighted by atomic mass is 9.31. The second-order valence-corrected chi connectivity index (χ2v) is 12.0. The Morgan fingerprint density at radius 2 is 1.92 bits per heavy atom. The summed E-state index contributed by atoms with van der Waals surface area (Å²) in [5, 5.41) is 3.59. The van der Waals surface area contributed by atoms with Crippen LogP contribution in [0.4, 0.5) is 0 Å². The molecule has 2 amide bonds. The molecule has 3 fully saturated rings. The summed E-state index contributed by atoms with van der Waals surface area (Å²) < 4.78 is 11.2. The fourth-order valence-electron chi connectivity index (χ4n) is 8.09. The lowest BCUT2D eigenvalue weighted by Gasteiger charge is -2.74. The molecule has 200 valence electrons. The average Bonchev–Trinajstić information content (AvgIpc) is 2.87. The Morgan fingerprint density at radius 3 is 2.63 bits per heavy atom. The van der Waals surface area contributed by atoms with Crippen LogP contribution in [-0.4, -0.2) is 42.4 Å². The van der Waals surface area contributed by atoms with Gasteiger partial charge in [0.25, 0.3) is 0 Å². The summed E-state index contributed by atoms with van der Waals surface area (Å²) in [7, 11) is 1.58. The highest BCUT2D eigenvalue weighted by Crippen LogP contribution is 2.76. The summed E-state index contributed by atoms with van der Waals surface area (Å²) in [5.41, 5.74) is 0.699. The Hall–Kier alpha value is -3.06. The smallest absolute Gasteiger partial charge is 0.315 e. The minimum absolute atomic E-state index is 0.0767. The number of carbonyl (C=O) groups excluding carboxylic acids is 3. The molecular formula is C30H33ClN2O5. The maximum absolute atomic E-state index is 14.2. The van der Waals surface area contributed by atoms with Crippen molar-refractivity contribution in [1.29, 1.82) is 0 Å². The number of hydrogen-bond donors (Lipinski definition) is 1. The predicted octanol–water partition coefficient (Wildman–Crippen LogP) is 4.81. The van der Waals surface area contributed by atoms with Crippen molar-refractivity contribution in [3.05, 3.63) is 58.6 Å². The van der Waals surface area contributed by atoms with Gasteiger partial charge in [0, 0.05) is 46.5 Å². The van der Waals surface area contributed by atoms with E-state index in [1.165, 1.54) is 0 Å². The molecule has 2 aromatic rings. The van der Waals surface area contributed by atoms with E-state index in [9.17, 15) is 14.4 Å². The van der Waals surface area contributed by atoms with E-state index < -0.39 is 11.5 Å². The Bertz CT molecular complexity index is 1310. The van der Waals surface area contributed by atoms with Gasteiger partial charge in [0.15, 0.2) is 0 Å². The Labute approximate surface area is 227 Å². The molecule has 0 bridgehead atoms. The number of hydrogen-bond acceptors (Lipinski definition) is 5. The number of carbonyl (C=O) groups is 3. The molecule has 5 atom stereocenters. The quantitative estimate of drug-likeness (QED) is 0.438. The maximum atomic E-state index is 14.2. The molecule has 2 aliphatic heterocycles. The number of likely N-dealkylation sites (tertiary alicyclic amines) is 1. The average molecular weight is 537 g/mol. The lowest BCUT2D eigenvalue weighted by Crippen LogP contribution is -2.79. The van der Waals surface area contributed by atoms with Crippen LogP contribution in [0.1, 0.15) is 63.1 Å². The first kappa shape index (κ1) is 25.2. The van der Waals surface area contributed by atoms with Crippen LogP contribution in [0.5, 0.6) is 11.5 Å². The third-order valence-electron chi connectivity index (χ3n) is 9.43. The third-order valence-corrected chi connectivity index (χ3v) is 9.69. The minimum atomic E-state index is -0.776. The molecule has 0 aromatic heterocycles. The van der Waals surface area contributed by atoms with E-state index in [1.54, 1.807) is 30.2 Å². The summed E-state index contributed by atoms with van der Waals surface area (Å²) in [6.07, 6.45) is 4.05. The van der Waals surface area contributed by atoms with E-state index in [0.29, 0.717) is 23.1 Å². The van der Waals surface area contributed by atoms with E-state index in [2.05, 4.69) is 5.32 Å². The van der Waals surface area contributed by atoms with Gasteiger partial charge in [-0.3, -0.25) is 14.4 Å². The fraction of sp³-hybridized carbons (Fsp3) is 0.500. The van der Waals surface area contributed by atoms with Crippen molar-refractivity contribution >= 4 is 29.4 Å². The first-order chi connectivity index (χ1) is 18.2. The molecule has 4 aliphatic rings. The molecule has 2 saturated carbocycles. The maximum Gasteiger partial charge on any atom is 0.315 e. The summed E-state index contributed by atoms with van der Waals surface area (Å²) in [6.45, 7) is 4.24. The highest BCUT2D eigenvalue weighted by molar-refractivity contribution is 6.30. The van der Waals surface area contributed by atoms with Crippen LogP contribution >= 0.6 is 11.6 Å². The number of benzene rings is 2. The summed E-state index contributed by atoms with van der Waals surface area (Å²) in [5.74, 6) is 0.265. The van der Waals surface area contributed by atoms with E-state index in [4.69, 9.17) is 21.1 Å². The van der Waals surface area contributed by atoms with Gasteiger partial charge in [-0.1, -0.05) is 42.6 Å². The van der Waals surface area contributed by atoms with E-state index >= 15 is 0 Å². The monoisotopic (exact) mass is 536 g/mol. The zero-order valence-corrected chi connectivity index (χ0v) is 22.7. The number of rotatable bonds is 5. The topological polar surface area (TPSA) is 84.9 Å². The highest BCUT2D eigenvalue weighted by Gasteiger charge is 2.79. The SMILES string of the molecule is COc1ccc2c(c1)OC(=O)[C@H]1[C@H]3CCCC[C@]34CN([C@@H](C(=O)NC(C)C)c3ccc(Cl)cc3)C(=O)C[C@]214. The zero-order valence-electron chi connectivity index (χ0n) is 22.0. The van der Waals surface area contributed by atoms with Crippen molar-refractivity contribution in [1.82, 2.24) is 10.2 Å². The number of nitrogens with zero attached hydrogens (tertiary/aromatic N) is 1. The van der Waals surface area contributed by atoms with Crippen LogP contribution in [0.25, 0.3) is 0 Å². The van der Waals surface area contributed by atoms with Crippen LogP contribution in [0.15, 0.2) is 42.5 Å². The van der Waals surface area contributed by atoms with Gasteiger partial charge in [-0.2, -0.15) is 0 Å². The van der Waals surface area contributed by atoms with Crippen molar-refractivity contribution < 1.29 is 23.9 Å². The van der Waals surface area contributed by atoms with E-state index in [-0.39, 0.29) is 47.5 Å². The lowest BCUT2D eigenvalue weighted by molar-refractivity contribution is -0.231. The van der Waals surface area contributed by atoms with Crippen molar-refractivity contribution in [3.63, 3.8) is 0 Å². The Balaban J connectivity index is 1.47. The molecule has 6 rings (SSSR count). The highest BCUT2D eigenvalue weighted by atomic mass is 35.5. The second kappa shape index (κ2) is 9.01.